The van der Waals surface area contributed by atoms with Crippen LogP contribution >= 0.6 is 0 Å². The highest BCUT2D eigenvalue weighted by Gasteiger charge is 2.22. The van der Waals surface area contributed by atoms with Gasteiger partial charge in [-0.25, -0.2) is 0 Å². The minimum atomic E-state index is -0.204. The molecule has 0 aromatic heterocycles. The Morgan fingerprint density at radius 1 is 1.20 bits per heavy atom. The van der Waals surface area contributed by atoms with E-state index in [1.54, 1.807) is 0 Å². The maximum atomic E-state index is 8.71. The van der Waals surface area contributed by atoms with Gasteiger partial charge in [0.25, 0.3) is 0 Å². The summed E-state index contributed by atoms with van der Waals surface area (Å²) in [6, 6.07) is 0. The zero-order chi connectivity index (χ0) is 14.8. The number of nitrogens with zero attached hydrogens (tertiary/aromatic N) is 2. The smallest absolute Gasteiger partial charge is 0.144 e. The summed E-state index contributed by atoms with van der Waals surface area (Å²) in [6.07, 6.45) is 7.20. The first-order valence-electron chi connectivity index (χ1n) is 7.97. The largest absolute Gasteiger partial charge is 0.409 e. The van der Waals surface area contributed by atoms with Crippen LogP contribution in [-0.4, -0.2) is 48.7 Å². The van der Waals surface area contributed by atoms with Crippen molar-refractivity contribution < 1.29 is 5.21 Å². The summed E-state index contributed by atoms with van der Waals surface area (Å²) in [4.78, 5) is 2.56. The van der Waals surface area contributed by atoms with Crippen molar-refractivity contribution in [2.24, 2.45) is 16.3 Å². The Kier molecular flexibility index (Phi) is 7.92. The number of amidine groups is 1. The van der Waals surface area contributed by atoms with E-state index in [2.05, 4.69) is 15.4 Å². The fourth-order valence-corrected chi connectivity index (χ4v) is 2.64. The predicted molar refractivity (Wildman–Crippen MR) is 84.2 cm³/mol. The first kappa shape index (κ1) is 17.2. The van der Waals surface area contributed by atoms with Crippen molar-refractivity contribution in [3.63, 3.8) is 0 Å². The molecule has 5 heteroatoms. The lowest BCUT2D eigenvalue weighted by Gasteiger charge is -2.22. The molecule has 0 unspecified atom stereocenters. The third-order valence-electron chi connectivity index (χ3n) is 4.23. The van der Waals surface area contributed by atoms with E-state index in [0.29, 0.717) is 5.84 Å². The van der Waals surface area contributed by atoms with Gasteiger partial charge in [0.05, 0.1) is 0 Å². The SMILES string of the molecule is CC(C)(CCCCNCCCN1CCCC1)C(N)=NO. The maximum Gasteiger partial charge on any atom is 0.144 e. The van der Waals surface area contributed by atoms with Crippen molar-refractivity contribution in [2.45, 2.75) is 52.4 Å². The van der Waals surface area contributed by atoms with Crippen LogP contribution in [0.1, 0.15) is 52.4 Å². The van der Waals surface area contributed by atoms with Gasteiger partial charge >= 0.3 is 0 Å². The highest BCUT2D eigenvalue weighted by Crippen LogP contribution is 2.23. The van der Waals surface area contributed by atoms with E-state index >= 15 is 0 Å². The highest BCUT2D eigenvalue weighted by molar-refractivity contribution is 5.85. The molecule has 1 aliphatic rings. The monoisotopic (exact) mass is 284 g/mol. The van der Waals surface area contributed by atoms with Crippen LogP contribution in [-0.2, 0) is 0 Å². The predicted octanol–water partition coefficient (Wildman–Crippen LogP) is 2.00. The molecule has 0 aromatic rings. The Balaban J connectivity index is 1.91. The van der Waals surface area contributed by atoms with Crippen LogP contribution in [0.4, 0.5) is 0 Å². The molecule has 0 aliphatic carbocycles. The lowest BCUT2D eigenvalue weighted by Crippen LogP contribution is -2.32. The molecule has 0 saturated carbocycles. The Labute approximate surface area is 123 Å². The molecule has 1 rings (SSSR count). The van der Waals surface area contributed by atoms with E-state index in [1.165, 1.54) is 38.9 Å². The third kappa shape index (κ3) is 6.57. The van der Waals surface area contributed by atoms with E-state index in [4.69, 9.17) is 10.9 Å². The summed E-state index contributed by atoms with van der Waals surface area (Å²) in [5.74, 6) is 0.330. The van der Waals surface area contributed by atoms with Crippen LogP contribution in [0.15, 0.2) is 5.16 Å². The second kappa shape index (κ2) is 9.19. The molecule has 0 amide bonds. The van der Waals surface area contributed by atoms with Crippen molar-refractivity contribution in [1.29, 1.82) is 0 Å². The Morgan fingerprint density at radius 3 is 2.50 bits per heavy atom. The molecule has 1 fully saturated rings. The van der Waals surface area contributed by atoms with Crippen molar-refractivity contribution in [1.82, 2.24) is 10.2 Å². The van der Waals surface area contributed by atoms with Gasteiger partial charge in [-0.15, -0.1) is 0 Å². The van der Waals surface area contributed by atoms with Crippen LogP contribution in [0.5, 0.6) is 0 Å². The van der Waals surface area contributed by atoms with Gasteiger partial charge in [-0.05, 0) is 64.8 Å². The summed E-state index contributed by atoms with van der Waals surface area (Å²) >= 11 is 0. The van der Waals surface area contributed by atoms with Crippen LogP contribution < -0.4 is 11.1 Å². The number of hydrogen-bond donors (Lipinski definition) is 3. The summed E-state index contributed by atoms with van der Waals surface area (Å²) < 4.78 is 0. The second-order valence-corrected chi connectivity index (χ2v) is 6.48. The number of nitrogens with one attached hydrogen (secondary N) is 1. The Hall–Kier alpha value is -0.810. The van der Waals surface area contributed by atoms with Gasteiger partial charge in [0.15, 0.2) is 0 Å². The van der Waals surface area contributed by atoms with E-state index in [1.807, 2.05) is 13.8 Å². The summed E-state index contributed by atoms with van der Waals surface area (Å²) in [7, 11) is 0. The second-order valence-electron chi connectivity index (χ2n) is 6.48. The van der Waals surface area contributed by atoms with Crippen LogP contribution in [0.3, 0.4) is 0 Å². The number of nitrogens with two attached hydrogens (primary N) is 1. The first-order chi connectivity index (χ1) is 9.56. The summed E-state index contributed by atoms with van der Waals surface area (Å²) in [6.45, 7) is 10.0. The van der Waals surface area contributed by atoms with E-state index in [0.717, 1.165) is 32.4 Å². The fraction of sp³-hybridized carbons (Fsp3) is 0.933. The van der Waals surface area contributed by atoms with Gasteiger partial charge in [-0.2, -0.15) is 0 Å². The lowest BCUT2D eigenvalue weighted by atomic mass is 9.86. The first-order valence-corrected chi connectivity index (χ1v) is 7.97. The topological polar surface area (TPSA) is 73.9 Å². The molecular weight excluding hydrogens is 252 g/mol. The highest BCUT2D eigenvalue weighted by atomic mass is 16.4. The number of hydrogen-bond acceptors (Lipinski definition) is 4. The Morgan fingerprint density at radius 2 is 1.85 bits per heavy atom. The van der Waals surface area contributed by atoms with Crippen LogP contribution in [0.2, 0.25) is 0 Å². The van der Waals surface area contributed by atoms with Gasteiger partial charge in [-0.3, -0.25) is 0 Å². The number of rotatable bonds is 10. The van der Waals surface area contributed by atoms with Crippen molar-refractivity contribution in [2.75, 3.05) is 32.7 Å². The van der Waals surface area contributed by atoms with Gasteiger partial charge in [-0.1, -0.05) is 25.4 Å². The molecule has 118 valence electrons. The van der Waals surface area contributed by atoms with E-state index < -0.39 is 0 Å². The zero-order valence-corrected chi connectivity index (χ0v) is 13.2. The summed E-state index contributed by atoms with van der Waals surface area (Å²) in [5, 5.41) is 15.3. The standard InChI is InChI=1S/C15H32N4O/c1-15(2,14(16)18-20)8-3-4-9-17-10-7-13-19-11-5-6-12-19/h17,20H,3-13H2,1-2H3,(H2,16,18). The minimum absolute atomic E-state index is 0.204. The van der Waals surface area contributed by atoms with Gasteiger partial charge in [0.1, 0.15) is 5.84 Å². The van der Waals surface area contributed by atoms with Crippen molar-refractivity contribution >= 4 is 5.84 Å². The normalized spacial score (nSPS) is 17.8. The quantitative estimate of drug-likeness (QED) is 0.189. The van der Waals surface area contributed by atoms with E-state index in [9.17, 15) is 0 Å². The molecule has 1 heterocycles. The van der Waals surface area contributed by atoms with Gasteiger partial charge in [0, 0.05) is 5.41 Å². The molecule has 0 spiro atoms. The van der Waals surface area contributed by atoms with Crippen LogP contribution in [0, 0.1) is 5.41 Å². The van der Waals surface area contributed by atoms with Crippen LogP contribution in [0.25, 0.3) is 0 Å². The lowest BCUT2D eigenvalue weighted by molar-refractivity contribution is 0.304. The average Bonchev–Trinajstić information content (AvgIpc) is 2.93. The molecule has 1 aliphatic heterocycles. The molecule has 0 aromatic carbocycles. The van der Waals surface area contributed by atoms with Crippen molar-refractivity contribution in [3.8, 4) is 0 Å². The molecule has 0 radical (unpaired) electrons. The third-order valence-corrected chi connectivity index (χ3v) is 4.23. The fourth-order valence-electron chi connectivity index (χ4n) is 2.64. The van der Waals surface area contributed by atoms with Gasteiger partial charge < -0.3 is 21.2 Å². The molecule has 4 N–H and O–H groups in total. The van der Waals surface area contributed by atoms with Crippen molar-refractivity contribution in [3.05, 3.63) is 0 Å². The molecular formula is C15H32N4O. The number of likely N-dealkylation sites (tertiary alicyclic amines) is 1. The molecule has 20 heavy (non-hydrogen) atoms. The molecule has 1 saturated heterocycles. The zero-order valence-electron chi connectivity index (χ0n) is 13.2. The maximum absolute atomic E-state index is 8.71. The molecule has 0 atom stereocenters. The Bertz CT molecular complexity index is 286. The van der Waals surface area contributed by atoms with Gasteiger partial charge in [0.2, 0.25) is 0 Å². The minimum Gasteiger partial charge on any atom is -0.409 e. The number of oxime groups is 1. The number of unbranched alkanes of at least 4 members (excludes halogenated alkanes) is 1. The average molecular weight is 284 g/mol. The van der Waals surface area contributed by atoms with E-state index in [-0.39, 0.29) is 5.41 Å². The molecule has 5 nitrogen and oxygen atoms in total. The summed E-state index contributed by atoms with van der Waals surface area (Å²) in [5.41, 5.74) is 5.47. The molecule has 0 bridgehead atoms.